The average Bonchev–Trinajstić information content (AvgIpc) is 2.64. The number of aromatic nitrogens is 1. The van der Waals surface area contributed by atoms with Crippen LogP contribution in [0.5, 0.6) is 0 Å². The molecule has 10 heteroatoms. The summed E-state index contributed by atoms with van der Waals surface area (Å²) in [6, 6.07) is 10.1. The number of carbonyl (C=O) groups is 1. The van der Waals surface area contributed by atoms with Gasteiger partial charge in [-0.3, -0.25) is 4.79 Å². The van der Waals surface area contributed by atoms with Gasteiger partial charge in [0.25, 0.3) is 0 Å². The highest BCUT2D eigenvalue weighted by Gasteiger charge is 2.18. The molecular formula is C19H14ClF2N3O3S. The van der Waals surface area contributed by atoms with Crippen LogP contribution >= 0.6 is 11.6 Å². The minimum atomic E-state index is -4.13. The number of nitrogens with one attached hydrogen (secondary N) is 1. The summed E-state index contributed by atoms with van der Waals surface area (Å²) in [5.41, 5.74) is 0.885. The molecule has 0 spiro atoms. The first-order valence-corrected chi connectivity index (χ1v) is 10.1. The van der Waals surface area contributed by atoms with E-state index in [1.54, 1.807) is 6.07 Å². The molecule has 0 atom stereocenters. The van der Waals surface area contributed by atoms with Crippen LogP contribution in [0.4, 0.5) is 14.5 Å². The number of hydrogen-bond acceptors (Lipinski definition) is 4. The van der Waals surface area contributed by atoms with E-state index in [0.717, 1.165) is 12.1 Å². The standard InChI is InChI=1S/C19H14ClF2N3O3S/c20-18-6-2-12(10-24-18)15-5-4-14(9-17(15)29(23,27)28)25-19(26)7-11-1-3-13(21)8-16(11)22/h1-6,8-10H,7H2,(H,25,26)(H2,23,27,28). The van der Waals surface area contributed by atoms with Crippen molar-refractivity contribution in [2.24, 2.45) is 5.14 Å². The Bertz CT molecular complexity index is 1190. The van der Waals surface area contributed by atoms with Crippen molar-refractivity contribution in [3.05, 3.63) is 77.1 Å². The molecule has 3 aromatic rings. The summed E-state index contributed by atoms with van der Waals surface area (Å²) in [7, 11) is -4.13. The molecule has 0 aliphatic heterocycles. The Morgan fingerprint density at radius 3 is 2.48 bits per heavy atom. The van der Waals surface area contributed by atoms with E-state index >= 15 is 0 Å². The fraction of sp³-hybridized carbons (Fsp3) is 0.0526. The highest BCUT2D eigenvalue weighted by atomic mass is 35.5. The van der Waals surface area contributed by atoms with E-state index in [4.69, 9.17) is 16.7 Å². The summed E-state index contributed by atoms with van der Waals surface area (Å²) >= 11 is 5.75. The van der Waals surface area contributed by atoms with Gasteiger partial charge in [0.1, 0.15) is 16.8 Å². The summed E-state index contributed by atoms with van der Waals surface area (Å²) in [5.74, 6) is -2.22. The number of nitrogens with two attached hydrogens (primary N) is 1. The lowest BCUT2D eigenvalue weighted by molar-refractivity contribution is -0.115. The number of benzene rings is 2. The molecule has 0 radical (unpaired) electrons. The lowest BCUT2D eigenvalue weighted by atomic mass is 10.1. The van der Waals surface area contributed by atoms with Gasteiger partial charge in [0.2, 0.25) is 15.9 Å². The molecular weight excluding hydrogens is 424 g/mol. The molecule has 1 heterocycles. The molecule has 2 aromatic carbocycles. The van der Waals surface area contributed by atoms with Crippen molar-refractivity contribution >= 4 is 33.2 Å². The van der Waals surface area contributed by atoms with E-state index < -0.39 is 27.6 Å². The normalized spacial score (nSPS) is 11.3. The molecule has 3 rings (SSSR count). The quantitative estimate of drug-likeness (QED) is 0.596. The molecule has 0 saturated carbocycles. The van der Waals surface area contributed by atoms with Crippen LogP contribution < -0.4 is 10.5 Å². The Hall–Kier alpha value is -2.88. The predicted octanol–water partition coefficient (Wildman–Crippen LogP) is 3.51. The second-order valence-electron chi connectivity index (χ2n) is 6.09. The number of pyridine rings is 1. The van der Waals surface area contributed by atoms with Gasteiger partial charge >= 0.3 is 0 Å². The smallest absolute Gasteiger partial charge is 0.238 e. The van der Waals surface area contributed by atoms with Crippen LogP contribution in [0.15, 0.2) is 59.6 Å². The third kappa shape index (κ3) is 5.14. The molecule has 0 aliphatic rings. The highest BCUT2D eigenvalue weighted by Crippen LogP contribution is 2.29. The molecule has 6 nitrogen and oxygen atoms in total. The van der Waals surface area contributed by atoms with E-state index in [1.807, 2.05) is 0 Å². The van der Waals surface area contributed by atoms with Crippen LogP contribution in [-0.2, 0) is 21.2 Å². The summed E-state index contributed by atoms with van der Waals surface area (Å²) in [4.78, 5) is 15.9. The van der Waals surface area contributed by atoms with Crippen molar-refractivity contribution in [2.45, 2.75) is 11.3 Å². The predicted molar refractivity (Wildman–Crippen MR) is 105 cm³/mol. The van der Waals surface area contributed by atoms with E-state index in [2.05, 4.69) is 10.3 Å². The van der Waals surface area contributed by atoms with Gasteiger partial charge in [-0.2, -0.15) is 0 Å². The van der Waals surface area contributed by atoms with E-state index in [0.29, 0.717) is 11.6 Å². The first-order valence-electron chi connectivity index (χ1n) is 8.16. The van der Waals surface area contributed by atoms with Gasteiger partial charge in [-0.15, -0.1) is 0 Å². The number of anilines is 1. The Kier molecular flexibility index (Phi) is 5.92. The molecule has 0 bridgehead atoms. The number of amides is 1. The van der Waals surface area contributed by atoms with Crippen molar-refractivity contribution in [1.29, 1.82) is 0 Å². The lowest BCUT2D eigenvalue weighted by Gasteiger charge is -2.12. The van der Waals surface area contributed by atoms with Gasteiger partial charge in [-0.25, -0.2) is 27.3 Å². The van der Waals surface area contributed by atoms with Crippen molar-refractivity contribution in [1.82, 2.24) is 4.98 Å². The number of rotatable bonds is 5. The number of nitrogens with zero attached hydrogens (tertiary/aromatic N) is 1. The molecule has 0 unspecified atom stereocenters. The Labute approximate surface area is 170 Å². The summed E-state index contributed by atoms with van der Waals surface area (Å²) < 4.78 is 50.7. The third-order valence-corrected chi connectivity index (χ3v) is 5.15. The van der Waals surface area contributed by atoms with E-state index in [-0.39, 0.29) is 33.3 Å². The number of primary sulfonamides is 1. The fourth-order valence-corrected chi connectivity index (χ4v) is 3.55. The van der Waals surface area contributed by atoms with Crippen molar-refractivity contribution < 1.29 is 22.0 Å². The van der Waals surface area contributed by atoms with Gasteiger partial charge < -0.3 is 5.32 Å². The zero-order valence-corrected chi connectivity index (χ0v) is 16.3. The molecule has 3 N–H and O–H groups in total. The van der Waals surface area contributed by atoms with E-state index in [1.165, 1.54) is 30.5 Å². The minimum absolute atomic E-state index is 0.000529. The molecule has 1 aromatic heterocycles. The Morgan fingerprint density at radius 1 is 1.10 bits per heavy atom. The van der Waals surface area contributed by atoms with Gasteiger partial charge in [0.15, 0.2) is 0 Å². The molecule has 0 aliphatic carbocycles. The second-order valence-corrected chi connectivity index (χ2v) is 8.00. The summed E-state index contributed by atoms with van der Waals surface area (Å²) in [5, 5.41) is 8.03. The van der Waals surface area contributed by atoms with Crippen LogP contribution in [0.25, 0.3) is 11.1 Å². The maximum Gasteiger partial charge on any atom is 0.238 e. The van der Waals surface area contributed by atoms with Gasteiger partial charge in [-0.1, -0.05) is 23.7 Å². The van der Waals surface area contributed by atoms with Gasteiger partial charge in [0.05, 0.1) is 11.3 Å². The number of hydrogen-bond donors (Lipinski definition) is 2. The lowest BCUT2D eigenvalue weighted by Crippen LogP contribution is -2.17. The number of sulfonamides is 1. The number of carbonyl (C=O) groups excluding carboxylic acids is 1. The second kappa shape index (κ2) is 8.24. The number of halogens is 3. The maximum absolute atomic E-state index is 13.7. The first kappa shape index (κ1) is 20.8. The van der Waals surface area contributed by atoms with Crippen LogP contribution in [0.2, 0.25) is 5.15 Å². The van der Waals surface area contributed by atoms with Crippen LogP contribution in [0, 0.1) is 11.6 Å². The van der Waals surface area contributed by atoms with Crippen molar-refractivity contribution in [3.8, 4) is 11.1 Å². The molecule has 0 fully saturated rings. The van der Waals surface area contributed by atoms with E-state index in [9.17, 15) is 22.0 Å². The average molecular weight is 438 g/mol. The molecule has 150 valence electrons. The molecule has 0 saturated heterocycles. The SMILES string of the molecule is NS(=O)(=O)c1cc(NC(=O)Cc2ccc(F)cc2F)ccc1-c1ccc(Cl)nc1. The Morgan fingerprint density at radius 2 is 1.86 bits per heavy atom. The van der Waals surface area contributed by atoms with Crippen molar-refractivity contribution in [2.75, 3.05) is 5.32 Å². The van der Waals surface area contributed by atoms with Gasteiger partial charge in [0, 0.05) is 29.1 Å². The van der Waals surface area contributed by atoms with Gasteiger partial charge in [-0.05, 0) is 35.9 Å². The zero-order valence-electron chi connectivity index (χ0n) is 14.7. The first-order chi connectivity index (χ1) is 13.6. The van der Waals surface area contributed by atoms with Crippen molar-refractivity contribution in [3.63, 3.8) is 0 Å². The molecule has 29 heavy (non-hydrogen) atoms. The minimum Gasteiger partial charge on any atom is -0.326 e. The highest BCUT2D eigenvalue weighted by molar-refractivity contribution is 7.89. The fourth-order valence-electron chi connectivity index (χ4n) is 2.65. The third-order valence-electron chi connectivity index (χ3n) is 3.98. The van der Waals surface area contributed by atoms with Crippen LogP contribution in [0.3, 0.4) is 0 Å². The Balaban J connectivity index is 1.88. The molecule has 1 amide bonds. The largest absolute Gasteiger partial charge is 0.326 e. The topological polar surface area (TPSA) is 102 Å². The monoisotopic (exact) mass is 437 g/mol. The maximum atomic E-state index is 13.7. The van der Waals surface area contributed by atoms with Crippen LogP contribution in [-0.4, -0.2) is 19.3 Å². The summed E-state index contributed by atoms with van der Waals surface area (Å²) in [6.45, 7) is 0. The summed E-state index contributed by atoms with van der Waals surface area (Å²) in [6.07, 6.45) is 1.03. The van der Waals surface area contributed by atoms with Crippen LogP contribution in [0.1, 0.15) is 5.56 Å². The zero-order chi connectivity index (χ0) is 21.2.